The van der Waals surface area contributed by atoms with Crippen molar-refractivity contribution in [1.82, 2.24) is 0 Å². The van der Waals surface area contributed by atoms with Gasteiger partial charge in [-0.1, -0.05) is 62.9 Å². The standard InChI is InChI=1S/C12H22O3.C11H16/c1-12(2,3)15-11(14-9-13)10-7-5-4-6-8-10;1-4-10(3)11-7-5-9(2)6-8-11/h9-11H,4-8H2,1-3H3;5-8,10H,4H2,1-3H3. The summed E-state index contributed by atoms with van der Waals surface area (Å²) in [4.78, 5) is 10.4. The number of rotatable bonds is 6. The van der Waals surface area contributed by atoms with E-state index in [9.17, 15) is 4.79 Å². The van der Waals surface area contributed by atoms with E-state index in [0.717, 1.165) is 12.8 Å². The van der Waals surface area contributed by atoms with Crippen LogP contribution in [0.5, 0.6) is 0 Å². The minimum atomic E-state index is -0.359. The molecule has 3 nitrogen and oxygen atoms in total. The normalized spacial score (nSPS) is 17.6. The minimum absolute atomic E-state index is 0.259. The summed E-state index contributed by atoms with van der Waals surface area (Å²) in [6.45, 7) is 13.1. The van der Waals surface area contributed by atoms with Crippen molar-refractivity contribution in [2.24, 2.45) is 5.92 Å². The molecule has 0 bridgehead atoms. The van der Waals surface area contributed by atoms with E-state index in [2.05, 4.69) is 45.0 Å². The molecule has 0 saturated heterocycles. The molecule has 0 heterocycles. The van der Waals surface area contributed by atoms with Gasteiger partial charge < -0.3 is 9.47 Å². The largest absolute Gasteiger partial charge is 0.438 e. The van der Waals surface area contributed by atoms with Crippen LogP contribution in [0.3, 0.4) is 0 Å². The van der Waals surface area contributed by atoms with Crippen LogP contribution in [0.4, 0.5) is 0 Å². The third-order valence-corrected chi connectivity index (χ3v) is 4.95. The lowest BCUT2D eigenvalue weighted by Crippen LogP contribution is -2.35. The summed E-state index contributed by atoms with van der Waals surface area (Å²) in [5, 5.41) is 0. The predicted octanol–water partition coefficient (Wildman–Crippen LogP) is 6.39. The first-order valence-corrected chi connectivity index (χ1v) is 10.1. The van der Waals surface area contributed by atoms with Gasteiger partial charge in [-0.25, -0.2) is 0 Å². The molecular weight excluding hydrogens is 324 g/mol. The fraction of sp³-hybridized carbons (Fsp3) is 0.696. The molecular formula is C23H38O3. The highest BCUT2D eigenvalue weighted by Crippen LogP contribution is 2.30. The smallest absolute Gasteiger partial charge is 0.295 e. The first-order valence-electron chi connectivity index (χ1n) is 10.1. The molecule has 1 aliphatic carbocycles. The van der Waals surface area contributed by atoms with Gasteiger partial charge in [-0.15, -0.1) is 0 Å². The van der Waals surface area contributed by atoms with Crippen molar-refractivity contribution in [3.05, 3.63) is 35.4 Å². The highest BCUT2D eigenvalue weighted by Gasteiger charge is 2.29. The fourth-order valence-corrected chi connectivity index (χ4v) is 3.18. The second-order valence-electron chi connectivity index (χ2n) is 8.45. The average Bonchev–Trinajstić information content (AvgIpc) is 2.61. The summed E-state index contributed by atoms with van der Waals surface area (Å²) in [5.74, 6) is 1.08. The molecule has 0 spiro atoms. The summed E-state index contributed by atoms with van der Waals surface area (Å²) in [6, 6.07) is 8.82. The Hall–Kier alpha value is -1.35. The van der Waals surface area contributed by atoms with E-state index in [0.29, 0.717) is 18.3 Å². The van der Waals surface area contributed by atoms with Crippen LogP contribution in [0.1, 0.15) is 90.2 Å². The van der Waals surface area contributed by atoms with E-state index in [1.807, 2.05) is 20.8 Å². The Morgan fingerprint density at radius 1 is 1.12 bits per heavy atom. The summed E-state index contributed by atoms with van der Waals surface area (Å²) in [5.41, 5.74) is 2.54. The Balaban J connectivity index is 0.000000273. The number of carbonyl (C=O) groups excluding carboxylic acids is 1. The molecule has 0 aromatic heterocycles. The van der Waals surface area contributed by atoms with Crippen molar-refractivity contribution >= 4 is 6.47 Å². The minimum Gasteiger partial charge on any atom is -0.438 e. The lowest BCUT2D eigenvalue weighted by Gasteiger charge is -2.33. The zero-order valence-corrected chi connectivity index (χ0v) is 17.6. The Morgan fingerprint density at radius 2 is 1.69 bits per heavy atom. The van der Waals surface area contributed by atoms with Gasteiger partial charge in [0.25, 0.3) is 6.47 Å². The molecule has 0 aliphatic heterocycles. The average molecular weight is 363 g/mol. The van der Waals surface area contributed by atoms with Crippen LogP contribution < -0.4 is 0 Å². The number of ether oxygens (including phenoxy) is 2. The molecule has 0 amide bonds. The van der Waals surface area contributed by atoms with Gasteiger partial charge in [0.1, 0.15) is 0 Å². The van der Waals surface area contributed by atoms with Crippen molar-refractivity contribution in [2.45, 2.75) is 97.9 Å². The Labute approximate surface area is 160 Å². The lowest BCUT2D eigenvalue weighted by molar-refractivity contribution is -0.213. The van der Waals surface area contributed by atoms with Crippen molar-refractivity contribution in [1.29, 1.82) is 0 Å². The first kappa shape index (κ1) is 22.7. The second-order valence-corrected chi connectivity index (χ2v) is 8.45. The van der Waals surface area contributed by atoms with Gasteiger partial charge >= 0.3 is 0 Å². The predicted molar refractivity (Wildman–Crippen MR) is 108 cm³/mol. The maximum absolute atomic E-state index is 10.4. The lowest BCUT2D eigenvalue weighted by atomic mass is 9.88. The molecule has 148 valence electrons. The number of hydrogen-bond acceptors (Lipinski definition) is 3. The van der Waals surface area contributed by atoms with Crippen LogP contribution >= 0.6 is 0 Å². The van der Waals surface area contributed by atoms with E-state index in [1.165, 1.54) is 36.8 Å². The van der Waals surface area contributed by atoms with Crippen LogP contribution in [0, 0.1) is 12.8 Å². The molecule has 2 unspecified atom stereocenters. The van der Waals surface area contributed by atoms with Gasteiger partial charge in [0.05, 0.1) is 5.60 Å². The first-order chi connectivity index (χ1) is 12.3. The number of hydrogen-bond donors (Lipinski definition) is 0. The van der Waals surface area contributed by atoms with Crippen LogP contribution in [0.2, 0.25) is 0 Å². The Bertz CT molecular complexity index is 495. The molecule has 1 fully saturated rings. The molecule has 1 aromatic carbocycles. The number of aryl methyl sites for hydroxylation is 1. The van der Waals surface area contributed by atoms with Gasteiger partial charge in [-0.3, -0.25) is 4.79 Å². The van der Waals surface area contributed by atoms with Crippen molar-refractivity contribution in [3.63, 3.8) is 0 Å². The van der Waals surface area contributed by atoms with E-state index in [-0.39, 0.29) is 11.9 Å². The summed E-state index contributed by atoms with van der Waals surface area (Å²) in [7, 11) is 0. The van der Waals surface area contributed by atoms with Gasteiger partial charge in [0, 0.05) is 5.92 Å². The highest BCUT2D eigenvalue weighted by atomic mass is 16.7. The third-order valence-electron chi connectivity index (χ3n) is 4.95. The zero-order chi connectivity index (χ0) is 19.6. The molecule has 1 aliphatic rings. The number of carbonyl (C=O) groups is 1. The quantitative estimate of drug-likeness (QED) is 0.434. The SMILES string of the molecule is CC(C)(C)OC(OC=O)C1CCCCC1.CCC(C)c1ccc(C)cc1. The van der Waals surface area contributed by atoms with Crippen LogP contribution in [0.15, 0.2) is 24.3 Å². The van der Waals surface area contributed by atoms with Gasteiger partial charge in [-0.2, -0.15) is 0 Å². The molecule has 3 heteroatoms. The molecule has 26 heavy (non-hydrogen) atoms. The van der Waals surface area contributed by atoms with Crippen molar-refractivity contribution in [3.8, 4) is 0 Å². The van der Waals surface area contributed by atoms with Gasteiger partial charge in [-0.05, 0) is 58.4 Å². The molecule has 0 N–H and O–H groups in total. The maximum atomic E-state index is 10.4. The Kier molecular flexibility index (Phi) is 9.93. The third kappa shape index (κ3) is 8.84. The van der Waals surface area contributed by atoms with Crippen molar-refractivity contribution < 1.29 is 14.3 Å². The monoisotopic (exact) mass is 362 g/mol. The molecule has 2 rings (SSSR count). The van der Waals surface area contributed by atoms with E-state index >= 15 is 0 Å². The van der Waals surface area contributed by atoms with Crippen LogP contribution in [0.25, 0.3) is 0 Å². The summed E-state index contributed by atoms with van der Waals surface area (Å²) in [6.07, 6.45) is 6.81. The van der Waals surface area contributed by atoms with Crippen LogP contribution in [-0.2, 0) is 14.3 Å². The van der Waals surface area contributed by atoms with Gasteiger partial charge in [0.15, 0.2) is 0 Å². The maximum Gasteiger partial charge on any atom is 0.295 e. The second kappa shape index (κ2) is 11.4. The molecule has 1 saturated carbocycles. The Morgan fingerprint density at radius 3 is 2.15 bits per heavy atom. The van der Waals surface area contributed by atoms with Crippen LogP contribution in [-0.4, -0.2) is 18.4 Å². The summed E-state index contributed by atoms with van der Waals surface area (Å²) >= 11 is 0. The van der Waals surface area contributed by atoms with E-state index in [4.69, 9.17) is 9.47 Å². The fourth-order valence-electron chi connectivity index (χ4n) is 3.18. The number of benzene rings is 1. The molecule has 2 atom stereocenters. The zero-order valence-electron chi connectivity index (χ0n) is 17.6. The topological polar surface area (TPSA) is 35.5 Å². The van der Waals surface area contributed by atoms with Gasteiger partial charge in [0.2, 0.25) is 6.29 Å². The highest BCUT2D eigenvalue weighted by molar-refractivity contribution is 5.37. The van der Waals surface area contributed by atoms with Crippen molar-refractivity contribution in [2.75, 3.05) is 0 Å². The summed E-state index contributed by atoms with van der Waals surface area (Å²) < 4.78 is 10.8. The van der Waals surface area contributed by atoms with E-state index in [1.54, 1.807) is 0 Å². The molecule has 1 aromatic rings. The molecule has 0 radical (unpaired) electrons. The van der Waals surface area contributed by atoms with E-state index < -0.39 is 0 Å².